The number of aromatic nitrogens is 4. The van der Waals surface area contributed by atoms with Crippen LogP contribution in [-0.4, -0.2) is 18.3 Å². The molecule has 0 unspecified atom stereocenters. The second kappa shape index (κ2) is 18.5. The van der Waals surface area contributed by atoms with Crippen LogP contribution in [0.4, 0.5) is 0 Å². The van der Waals surface area contributed by atoms with Crippen LogP contribution in [0.5, 0.6) is 0 Å². The van der Waals surface area contributed by atoms with Gasteiger partial charge in [-0.3, -0.25) is 0 Å². The molecule has 0 radical (unpaired) electrons. The summed E-state index contributed by atoms with van der Waals surface area (Å²) in [5, 5.41) is 7.39. The number of para-hydroxylation sites is 4. The fourth-order valence-corrected chi connectivity index (χ4v) is 12.9. The average molecular weight is 1020 g/mol. The molecular weight excluding hydrogens is 969 g/mol. The average Bonchev–Trinajstić information content (AvgIpc) is 4.31. The maximum atomic E-state index is 2.47. The van der Waals surface area contributed by atoms with Crippen molar-refractivity contribution in [3.63, 3.8) is 0 Å². The summed E-state index contributed by atoms with van der Waals surface area (Å²) in [6.07, 6.45) is 0. The Hall–Kier alpha value is -10.7. The normalized spacial score (nSPS) is 11.8. The number of hydrogen-bond acceptors (Lipinski definition) is 0. The van der Waals surface area contributed by atoms with Gasteiger partial charge < -0.3 is 18.3 Å². The van der Waals surface area contributed by atoms with Crippen molar-refractivity contribution >= 4 is 65.4 Å². The first-order valence-electron chi connectivity index (χ1n) is 27.5. The van der Waals surface area contributed by atoms with Gasteiger partial charge in [0.15, 0.2) is 0 Å². The lowest BCUT2D eigenvalue weighted by molar-refractivity contribution is 1.12. The minimum absolute atomic E-state index is 1.10. The van der Waals surface area contributed by atoms with Gasteiger partial charge in [0.2, 0.25) is 0 Å². The van der Waals surface area contributed by atoms with Crippen LogP contribution in [0.2, 0.25) is 0 Å². The number of hydrogen-bond donors (Lipinski definition) is 0. The van der Waals surface area contributed by atoms with Crippen LogP contribution in [0, 0.1) is 0 Å². The van der Waals surface area contributed by atoms with Crippen LogP contribution in [0.3, 0.4) is 0 Å². The van der Waals surface area contributed by atoms with Gasteiger partial charge in [-0.2, -0.15) is 0 Å². The molecule has 374 valence electrons. The van der Waals surface area contributed by atoms with Crippen molar-refractivity contribution in [3.8, 4) is 78.6 Å². The molecule has 0 saturated heterocycles. The Labute approximate surface area is 463 Å². The molecule has 0 N–H and O–H groups in total. The largest absolute Gasteiger partial charge is 0.309 e. The predicted molar refractivity (Wildman–Crippen MR) is 336 cm³/mol. The summed E-state index contributed by atoms with van der Waals surface area (Å²) in [5.41, 5.74) is 23.2. The van der Waals surface area contributed by atoms with Crippen molar-refractivity contribution in [2.24, 2.45) is 0 Å². The van der Waals surface area contributed by atoms with Crippen molar-refractivity contribution < 1.29 is 0 Å². The van der Waals surface area contributed by atoms with E-state index in [-0.39, 0.29) is 0 Å². The molecule has 12 aromatic carbocycles. The number of nitrogens with zero attached hydrogens (tertiary/aromatic N) is 4. The van der Waals surface area contributed by atoms with E-state index in [0.717, 1.165) is 67.4 Å². The molecule has 16 aromatic rings. The van der Waals surface area contributed by atoms with E-state index < -0.39 is 0 Å². The molecule has 0 aliphatic heterocycles. The molecule has 0 aliphatic rings. The van der Waals surface area contributed by atoms with Crippen LogP contribution in [0.25, 0.3) is 144 Å². The van der Waals surface area contributed by atoms with Gasteiger partial charge in [0.1, 0.15) is 0 Å². The summed E-state index contributed by atoms with van der Waals surface area (Å²) in [5.74, 6) is 0. The smallest absolute Gasteiger partial charge is 0.0619 e. The highest BCUT2D eigenvalue weighted by atomic mass is 15.0. The van der Waals surface area contributed by atoms with E-state index >= 15 is 0 Å². The Kier molecular flexibility index (Phi) is 10.5. The third-order valence-corrected chi connectivity index (χ3v) is 16.4. The lowest BCUT2D eigenvalue weighted by atomic mass is 9.94. The van der Waals surface area contributed by atoms with Gasteiger partial charge in [-0.15, -0.1) is 0 Å². The van der Waals surface area contributed by atoms with Gasteiger partial charge in [-0.25, -0.2) is 0 Å². The minimum atomic E-state index is 1.10. The zero-order valence-corrected chi connectivity index (χ0v) is 43.7. The van der Waals surface area contributed by atoms with Gasteiger partial charge in [0.25, 0.3) is 0 Å². The molecule has 4 heteroatoms. The first kappa shape index (κ1) is 45.5. The fourth-order valence-electron chi connectivity index (χ4n) is 12.9. The molecule has 0 atom stereocenters. The van der Waals surface area contributed by atoms with Gasteiger partial charge in [0.05, 0.1) is 44.5 Å². The Balaban J connectivity index is 0.894. The highest BCUT2D eigenvalue weighted by molar-refractivity contribution is 6.12. The molecule has 0 amide bonds. The summed E-state index contributed by atoms with van der Waals surface area (Å²) in [4.78, 5) is 0. The third kappa shape index (κ3) is 7.16. The third-order valence-electron chi connectivity index (χ3n) is 16.4. The van der Waals surface area contributed by atoms with Crippen molar-refractivity contribution in [2.75, 3.05) is 0 Å². The zero-order chi connectivity index (χ0) is 52.7. The number of benzene rings is 12. The van der Waals surface area contributed by atoms with Crippen LogP contribution >= 0.6 is 0 Å². The molecule has 0 spiro atoms. The van der Waals surface area contributed by atoms with Crippen LogP contribution in [-0.2, 0) is 0 Å². The number of rotatable bonds is 9. The molecule has 0 bridgehead atoms. The molecule has 80 heavy (non-hydrogen) atoms. The monoisotopic (exact) mass is 1020 g/mol. The second-order valence-electron chi connectivity index (χ2n) is 20.8. The summed E-state index contributed by atoms with van der Waals surface area (Å²) in [6.45, 7) is 0. The highest BCUT2D eigenvalue weighted by Crippen LogP contribution is 2.47. The lowest BCUT2D eigenvalue weighted by Crippen LogP contribution is -1.99. The van der Waals surface area contributed by atoms with E-state index in [1.165, 1.54) is 76.6 Å². The maximum absolute atomic E-state index is 2.47. The van der Waals surface area contributed by atoms with E-state index in [0.29, 0.717) is 0 Å². The standard InChI is InChI=1S/C76H50N4/c1-5-21-51(22-6-1)73-65-49-55(37-47-71(65)79(75(73)53-25-9-3-10-26-53)59-43-39-57(40-44-59)77-67-33-17-13-29-61(67)62-30-14-18-34-68(62)77)56-38-48-72-66(50-56)74(52-23-7-2-8-24-52)76(54-27-11-4-12-28-54)80(72)60-45-41-58(42-46-60)78-69-35-19-15-31-63(69)64-32-16-20-36-70(64)78/h1-50H. The topological polar surface area (TPSA) is 19.7 Å². The summed E-state index contributed by atoms with van der Waals surface area (Å²) in [7, 11) is 0. The summed E-state index contributed by atoms with van der Waals surface area (Å²) in [6, 6.07) is 111. The zero-order valence-electron chi connectivity index (χ0n) is 43.7. The lowest BCUT2D eigenvalue weighted by Gasteiger charge is -2.15. The summed E-state index contributed by atoms with van der Waals surface area (Å²) >= 11 is 0. The highest BCUT2D eigenvalue weighted by Gasteiger charge is 2.25. The quantitative estimate of drug-likeness (QED) is 0.137. The van der Waals surface area contributed by atoms with Gasteiger partial charge in [0, 0.05) is 66.2 Å². The van der Waals surface area contributed by atoms with Gasteiger partial charge in [-0.1, -0.05) is 206 Å². The van der Waals surface area contributed by atoms with E-state index in [1.807, 2.05) is 0 Å². The molecule has 16 rings (SSSR count). The van der Waals surface area contributed by atoms with Gasteiger partial charge in [-0.05, 0) is 130 Å². The molecule has 0 saturated carbocycles. The summed E-state index contributed by atoms with van der Waals surface area (Å²) < 4.78 is 9.73. The molecular formula is C76H50N4. The fraction of sp³-hybridized carbons (Fsp3) is 0. The van der Waals surface area contributed by atoms with Crippen LogP contribution < -0.4 is 0 Å². The van der Waals surface area contributed by atoms with E-state index in [2.05, 4.69) is 322 Å². The molecule has 4 heterocycles. The molecule has 0 aliphatic carbocycles. The maximum Gasteiger partial charge on any atom is 0.0619 e. The van der Waals surface area contributed by atoms with E-state index in [4.69, 9.17) is 0 Å². The van der Waals surface area contributed by atoms with Crippen molar-refractivity contribution in [3.05, 3.63) is 303 Å². The van der Waals surface area contributed by atoms with Crippen molar-refractivity contribution in [1.29, 1.82) is 0 Å². The first-order chi connectivity index (χ1) is 39.7. The Morgan fingerprint density at radius 3 is 0.725 bits per heavy atom. The Morgan fingerprint density at radius 1 is 0.163 bits per heavy atom. The van der Waals surface area contributed by atoms with Crippen molar-refractivity contribution in [2.45, 2.75) is 0 Å². The Morgan fingerprint density at radius 2 is 0.412 bits per heavy atom. The predicted octanol–water partition coefficient (Wildman–Crippen LogP) is 20.1. The number of fused-ring (bicyclic) bond motifs is 8. The van der Waals surface area contributed by atoms with E-state index in [1.54, 1.807) is 0 Å². The SMILES string of the molecule is c1ccc(-c2c(-c3ccccc3)n(-c3ccc(-n4c5ccccc5c5ccccc54)cc3)c3ccc(-c4ccc5c(c4)c(-c4ccccc4)c(-c4ccccc4)n5-c4ccc(-n5c6ccccc6c6ccccc65)cc4)cc23)cc1. The van der Waals surface area contributed by atoms with Gasteiger partial charge >= 0.3 is 0 Å². The molecule has 0 fully saturated rings. The second-order valence-corrected chi connectivity index (χ2v) is 20.8. The molecule has 4 aromatic heterocycles. The van der Waals surface area contributed by atoms with Crippen LogP contribution in [0.1, 0.15) is 0 Å². The van der Waals surface area contributed by atoms with Crippen molar-refractivity contribution in [1.82, 2.24) is 18.3 Å². The van der Waals surface area contributed by atoms with Crippen LogP contribution in [0.15, 0.2) is 303 Å². The molecule has 4 nitrogen and oxygen atoms in total. The Bertz CT molecular complexity index is 4580. The van der Waals surface area contributed by atoms with E-state index in [9.17, 15) is 0 Å². The minimum Gasteiger partial charge on any atom is -0.309 e. The first-order valence-corrected chi connectivity index (χ1v) is 27.5.